The van der Waals surface area contributed by atoms with Crippen LogP contribution >= 0.6 is 11.6 Å². The lowest BCUT2D eigenvalue weighted by atomic mass is 9.99. The number of β-amino-alcohol motifs (C(OH)–C–C–N with tert-alkyl or cyclic N) is 1. The van der Waals surface area contributed by atoms with Gasteiger partial charge in [0.05, 0.1) is 36.3 Å². The van der Waals surface area contributed by atoms with Crippen molar-refractivity contribution in [3.8, 4) is 16.9 Å². The van der Waals surface area contributed by atoms with E-state index in [-0.39, 0.29) is 30.9 Å². The van der Waals surface area contributed by atoms with E-state index in [1.807, 2.05) is 6.07 Å². The van der Waals surface area contributed by atoms with E-state index < -0.39 is 24.3 Å². The molecule has 1 saturated heterocycles. The van der Waals surface area contributed by atoms with Gasteiger partial charge in [0, 0.05) is 52.9 Å². The fraction of sp³-hybridized carbons (Fsp3) is 0.333. The number of carbonyl (C=O) groups excluding carboxylic acids is 3. The zero-order valence-electron chi connectivity index (χ0n) is 26.9. The molecule has 2 aromatic carbocycles. The second-order valence-corrected chi connectivity index (χ2v) is 12.7. The number of aromatic nitrogens is 6. The Morgan fingerprint density at radius 3 is 2.68 bits per heavy atom. The number of aliphatic hydroxyl groups is 1. The molecule has 0 spiro atoms. The fourth-order valence-corrected chi connectivity index (χ4v) is 6.28. The molecule has 7 rings (SSSR count). The maximum absolute atomic E-state index is 13.6. The van der Waals surface area contributed by atoms with Gasteiger partial charge in [-0.05, 0) is 65.7 Å². The van der Waals surface area contributed by atoms with Crippen molar-refractivity contribution in [2.45, 2.75) is 49.9 Å². The molecule has 2 bridgehead atoms. The van der Waals surface area contributed by atoms with Crippen LogP contribution in [0.25, 0.3) is 23.0 Å². The molecule has 4 aromatic rings. The molecule has 3 atom stereocenters. The minimum Gasteiger partial charge on any atom is -0.453 e. The van der Waals surface area contributed by atoms with Crippen LogP contribution in [0.4, 0.5) is 16.2 Å². The lowest BCUT2D eigenvalue weighted by molar-refractivity contribution is -0.142. The van der Waals surface area contributed by atoms with Gasteiger partial charge in [-0.25, -0.2) is 9.78 Å². The van der Waals surface area contributed by atoms with Crippen LogP contribution in [0.2, 0.25) is 5.02 Å². The van der Waals surface area contributed by atoms with E-state index in [0.29, 0.717) is 70.4 Å². The topological polar surface area (TPSA) is 205 Å². The van der Waals surface area contributed by atoms with Crippen LogP contribution in [0.1, 0.15) is 54.8 Å². The fourth-order valence-electron chi connectivity index (χ4n) is 6.10. The summed E-state index contributed by atoms with van der Waals surface area (Å²) in [5, 5.41) is 30.9. The van der Waals surface area contributed by atoms with Crippen LogP contribution < -0.4 is 16.0 Å². The number of hydrogen-bond donors (Lipinski definition) is 5. The number of carbonyl (C=O) groups is 3. The van der Waals surface area contributed by atoms with Gasteiger partial charge in [-0.15, -0.1) is 5.10 Å². The first kappa shape index (κ1) is 32.9. The minimum absolute atomic E-state index is 0.129. The third kappa shape index (κ3) is 7.21. The van der Waals surface area contributed by atoms with Crippen molar-refractivity contribution in [2.24, 2.45) is 4.99 Å². The molecule has 2 aromatic heterocycles. The van der Waals surface area contributed by atoms with Crippen molar-refractivity contribution >= 4 is 53.2 Å². The van der Waals surface area contributed by atoms with Crippen LogP contribution in [0, 0.1) is 0 Å². The largest absolute Gasteiger partial charge is 0.453 e. The molecule has 3 aliphatic heterocycles. The maximum Gasteiger partial charge on any atom is 0.411 e. The first-order chi connectivity index (χ1) is 24.2. The predicted molar refractivity (Wildman–Crippen MR) is 184 cm³/mol. The highest BCUT2D eigenvalue weighted by Gasteiger charge is 2.35. The summed E-state index contributed by atoms with van der Waals surface area (Å²) in [4.78, 5) is 53.6. The van der Waals surface area contributed by atoms with Crippen molar-refractivity contribution in [3.63, 3.8) is 0 Å². The van der Waals surface area contributed by atoms with Crippen LogP contribution in [0.3, 0.4) is 0 Å². The molecule has 0 saturated carbocycles. The Kier molecular flexibility index (Phi) is 9.27. The van der Waals surface area contributed by atoms with Crippen LogP contribution in [0.15, 0.2) is 53.8 Å². The number of aliphatic hydroxyl groups excluding tert-OH is 1. The van der Waals surface area contributed by atoms with E-state index in [0.717, 1.165) is 5.69 Å². The van der Waals surface area contributed by atoms with E-state index in [2.05, 4.69) is 41.5 Å². The van der Waals surface area contributed by atoms with Gasteiger partial charge < -0.3 is 30.4 Å². The molecule has 3 amide bonds. The van der Waals surface area contributed by atoms with Crippen LogP contribution in [0.5, 0.6) is 0 Å². The Labute approximate surface area is 291 Å². The van der Waals surface area contributed by atoms with Crippen molar-refractivity contribution in [1.29, 1.82) is 0 Å². The molecule has 5 N–H and O–H groups in total. The number of anilines is 2. The van der Waals surface area contributed by atoms with Crippen molar-refractivity contribution in [1.82, 2.24) is 40.4 Å². The number of nitrogens with one attached hydrogen (secondary N) is 4. The predicted octanol–water partition coefficient (Wildman–Crippen LogP) is 3.44. The summed E-state index contributed by atoms with van der Waals surface area (Å²) in [7, 11) is 1.28. The number of imidazole rings is 1. The van der Waals surface area contributed by atoms with Gasteiger partial charge >= 0.3 is 6.09 Å². The zero-order valence-corrected chi connectivity index (χ0v) is 27.7. The Morgan fingerprint density at radius 2 is 1.94 bits per heavy atom. The molecule has 258 valence electrons. The van der Waals surface area contributed by atoms with Gasteiger partial charge in [0.15, 0.2) is 0 Å². The number of ether oxygens (including phenoxy) is 1. The van der Waals surface area contributed by atoms with Gasteiger partial charge in [-0.1, -0.05) is 24.4 Å². The second kappa shape index (κ2) is 14.1. The number of amides is 3. The van der Waals surface area contributed by atoms with Gasteiger partial charge in [0.25, 0.3) is 0 Å². The number of hydrogen-bond acceptors (Lipinski definition) is 11. The van der Waals surface area contributed by atoms with Crippen molar-refractivity contribution in [3.05, 3.63) is 70.9 Å². The smallest absolute Gasteiger partial charge is 0.411 e. The number of aromatic amines is 1. The summed E-state index contributed by atoms with van der Waals surface area (Å²) in [6, 6.07) is 9.13. The summed E-state index contributed by atoms with van der Waals surface area (Å²) in [6.45, 7) is 0.543. The molecular formula is C33H34ClN11O5. The molecule has 1 fully saturated rings. The Morgan fingerprint density at radius 1 is 1.12 bits per heavy atom. The van der Waals surface area contributed by atoms with Gasteiger partial charge in [-0.2, -0.15) is 4.68 Å². The number of halogens is 1. The molecule has 50 heavy (non-hydrogen) atoms. The number of rotatable bonds is 7. The third-order valence-corrected chi connectivity index (χ3v) is 8.97. The molecule has 3 unspecified atom stereocenters. The lowest BCUT2D eigenvalue weighted by Crippen LogP contribution is -2.57. The number of nitrogens with zero attached hydrogens (tertiary/aromatic N) is 7. The minimum atomic E-state index is -0.635. The number of likely N-dealkylation sites (tertiary alicyclic amines) is 1. The van der Waals surface area contributed by atoms with E-state index >= 15 is 0 Å². The number of tetrazole rings is 1. The van der Waals surface area contributed by atoms with Crippen LogP contribution in [-0.4, -0.2) is 96.6 Å². The Bertz CT molecular complexity index is 1970. The molecule has 5 heterocycles. The van der Waals surface area contributed by atoms with Gasteiger partial charge in [0.1, 0.15) is 24.2 Å². The molecule has 0 aliphatic carbocycles. The number of H-pyrrole nitrogens is 1. The standard InChI is InChI=1S/C33H34ClN11O5/c1-50-33(49)37-20-8-9-22-25(13-20)38-24(32(48)44-15-21(46)16-44)5-3-2-4-23(31-40-29(22)30(41-31)26-14-35-26)39-28(47)11-6-18-12-19(34)7-10-27(18)45-17-36-42-43-45/h6-14,17,21,23-24,26,38,46H,2-5,15-16H2,1H3,(H,37,49)(H,39,47)(H,40,41). The van der Waals surface area contributed by atoms with Crippen molar-refractivity contribution < 1.29 is 24.2 Å². The summed E-state index contributed by atoms with van der Waals surface area (Å²) in [5.41, 5.74) is 4.33. The van der Waals surface area contributed by atoms with Crippen molar-refractivity contribution in [2.75, 3.05) is 30.8 Å². The molecule has 17 heteroatoms. The molecule has 3 aliphatic rings. The molecule has 16 nitrogen and oxygen atoms in total. The third-order valence-electron chi connectivity index (χ3n) is 8.73. The summed E-state index contributed by atoms with van der Waals surface area (Å²) >= 11 is 6.26. The highest BCUT2D eigenvalue weighted by Crippen LogP contribution is 2.39. The molecule has 0 radical (unpaired) electrons. The van der Waals surface area contributed by atoms with E-state index in [4.69, 9.17) is 21.3 Å². The SMILES string of the molecule is COC(=O)Nc1ccc2c(c1)NC(C(=O)N1CC(O)C1)CCCCC(NC(=O)C=Cc1cc(Cl)ccc1-n1cnnn1)c1nc-2c(C2C=N2)[nH]1. The lowest BCUT2D eigenvalue weighted by Gasteiger charge is -2.38. The summed E-state index contributed by atoms with van der Waals surface area (Å²) in [6.07, 6.45) is 7.51. The number of methoxy groups -OCH3 is 1. The summed E-state index contributed by atoms with van der Waals surface area (Å²) in [5.74, 6) is 0.0851. The first-order valence-electron chi connectivity index (χ1n) is 16.1. The highest BCUT2D eigenvalue weighted by atomic mass is 35.5. The highest BCUT2D eigenvalue weighted by molar-refractivity contribution is 6.30. The number of aliphatic imine (C=N–C) groups is 1. The molecular weight excluding hydrogens is 666 g/mol. The monoisotopic (exact) mass is 699 g/mol. The van der Waals surface area contributed by atoms with E-state index in [1.165, 1.54) is 24.2 Å². The normalized spacial score (nSPS) is 20.1. The van der Waals surface area contributed by atoms with E-state index in [1.54, 1.807) is 47.5 Å². The van der Waals surface area contributed by atoms with Crippen LogP contribution in [-0.2, 0) is 14.3 Å². The van der Waals surface area contributed by atoms with Gasteiger partial charge in [0.2, 0.25) is 11.8 Å². The number of fused-ring (bicyclic) bond motifs is 4. The average Bonchev–Trinajstić information content (AvgIpc) is 3.60. The number of benzene rings is 2. The summed E-state index contributed by atoms with van der Waals surface area (Å²) < 4.78 is 6.27. The first-order valence-corrected chi connectivity index (χ1v) is 16.5. The quantitative estimate of drug-likeness (QED) is 0.178. The second-order valence-electron chi connectivity index (χ2n) is 12.2. The maximum atomic E-state index is 13.6. The zero-order chi connectivity index (χ0) is 34.8. The van der Waals surface area contributed by atoms with Gasteiger partial charge in [-0.3, -0.25) is 19.9 Å². The average molecular weight is 700 g/mol. The van der Waals surface area contributed by atoms with E-state index in [9.17, 15) is 19.5 Å². The Hall–Kier alpha value is -5.61. The Balaban J connectivity index is 1.21.